The maximum atomic E-state index is 13.4. The van der Waals surface area contributed by atoms with Gasteiger partial charge in [0.1, 0.15) is 5.75 Å². The lowest BCUT2D eigenvalue weighted by Gasteiger charge is -2.43. The van der Waals surface area contributed by atoms with Gasteiger partial charge in [0.15, 0.2) is 0 Å². The van der Waals surface area contributed by atoms with Crippen LogP contribution in [0.2, 0.25) is 5.02 Å². The first kappa shape index (κ1) is 32.2. The Balaban J connectivity index is 1.64. The molecule has 0 unspecified atom stereocenters. The van der Waals surface area contributed by atoms with Gasteiger partial charge in [-0.05, 0) is 62.2 Å². The standard InChI is InChI=1S/C32H36ClF3N4O3/c1-4-23-19-39(31(42)25-11-10-22(18-27(25)33)32(34,35)36)15-16-40(23)28-12-9-21(17-26(28)30(41)38-14-13-37)24-7-5-6-8-29(24)43-20(2)3/h5-12,17-18,20,23H,4,13-16,19,37H2,1-3H3,(H,38,41)/t23-/m1/s1. The van der Waals surface area contributed by atoms with Crippen molar-refractivity contribution >= 4 is 29.1 Å². The second-order valence-electron chi connectivity index (χ2n) is 10.6. The normalized spacial score (nSPS) is 15.5. The van der Waals surface area contributed by atoms with Gasteiger partial charge in [-0.2, -0.15) is 13.2 Å². The summed E-state index contributed by atoms with van der Waals surface area (Å²) >= 11 is 6.13. The Morgan fingerprint density at radius 3 is 2.47 bits per heavy atom. The number of nitrogens with one attached hydrogen (secondary N) is 1. The van der Waals surface area contributed by atoms with Gasteiger partial charge in [0.05, 0.1) is 27.8 Å². The molecule has 230 valence electrons. The molecule has 0 bridgehead atoms. The number of amides is 2. The summed E-state index contributed by atoms with van der Waals surface area (Å²) in [6.45, 7) is 7.50. The van der Waals surface area contributed by atoms with Crippen molar-refractivity contribution in [1.29, 1.82) is 0 Å². The molecule has 1 aliphatic rings. The van der Waals surface area contributed by atoms with Crippen molar-refractivity contribution < 1.29 is 27.5 Å². The number of anilines is 1. The van der Waals surface area contributed by atoms with E-state index in [2.05, 4.69) is 10.2 Å². The zero-order valence-electron chi connectivity index (χ0n) is 24.4. The first-order valence-corrected chi connectivity index (χ1v) is 14.6. The number of para-hydroxylation sites is 1. The SMILES string of the molecule is CC[C@@H]1CN(C(=O)c2ccc(C(F)(F)F)cc2Cl)CCN1c1ccc(-c2ccccc2OC(C)C)cc1C(=O)NCCN. The van der Waals surface area contributed by atoms with Crippen molar-refractivity contribution in [2.45, 2.75) is 45.5 Å². The number of rotatable bonds is 9. The first-order valence-electron chi connectivity index (χ1n) is 14.3. The molecule has 1 aliphatic heterocycles. The molecule has 43 heavy (non-hydrogen) atoms. The molecule has 0 aromatic heterocycles. The van der Waals surface area contributed by atoms with Crippen molar-refractivity contribution in [2.24, 2.45) is 5.73 Å². The van der Waals surface area contributed by atoms with Gasteiger partial charge in [0.2, 0.25) is 0 Å². The number of hydrogen-bond acceptors (Lipinski definition) is 5. The van der Waals surface area contributed by atoms with Gasteiger partial charge in [-0.15, -0.1) is 0 Å². The molecular formula is C32H36ClF3N4O3. The van der Waals surface area contributed by atoms with Crippen LogP contribution in [-0.4, -0.2) is 61.6 Å². The third kappa shape index (κ3) is 7.43. The Hall–Kier alpha value is -3.76. The number of hydrogen-bond donors (Lipinski definition) is 2. The summed E-state index contributed by atoms with van der Waals surface area (Å²) in [5.74, 6) is 0.00311. The zero-order valence-corrected chi connectivity index (χ0v) is 25.1. The number of benzene rings is 3. The van der Waals surface area contributed by atoms with Crippen LogP contribution in [0.1, 0.15) is 53.5 Å². The van der Waals surface area contributed by atoms with E-state index in [0.29, 0.717) is 49.6 Å². The van der Waals surface area contributed by atoms with Crippen molar-refractivity contribution in [3.05, 3.63) is 82.4 Å². The van der Waals surface area contributed by atoms with Crippen molar-refractivity contribution in [2.75, 3.05) is 37.6 Å². The van der Waals surface area contributed by atoms with Crippen LogP contribution in [0.25, 0.3) is 11.1 Å². The Morgan fingerprint density at radius 2 is 1.81 bits per heavy atom. The van der Waals surface area contributed by atoms with Gasteiger partial charge in [-0.3, -0.25) is 9.59 Å². The van der Waals surface area contributed by atoms with Gasteiger partial charge in [-0.1, -0.05) is 42.8 Å². The minimum Gasteiger partial charge on any atom is -0.490 e. The van der Waals surface area contributed by atoms with E-state index in [1.165, 1.54) is 0 Å². The summed E-state index contributed by atoms with van der Waals surface area (Å²) < 4.78 is 45.3. The zero-order chi connectivity index (χ0) is 31.3. The Morgan fingerprint density at radius 1 is 1.07 bits per heavy atom. The van der Waals surface area contributed by atoms with Crippen LogP contribution in [0, 0.1) is 0 Å². The van der Waals surface area contributed by atoms with Crippen LogP contribution in [0.5, 0.6) is 5.75 Å². The average molecular weight is 617 g/mol. The second kappa shape index (κ2) is 13.7. The molecular weight excluding hydrogens is 581 g/mol. The minimum absolute atomic E-state index is 0.0199. The molecule has 3 aromatic rings. The lowest BCUT2D eigenvalue weighted by molar-refractivity contribution is -0.137. The molecule has 4 rings (SSSR count). The molecule has 0 saturated carbocycles. The summed E-state index contributed by atoms with van der Waals surface area (Å²) in [5, 5.41) is 2.63. The molecule has 3 aromatic carbocycles. The van der Waals surface area contributed by atoms with E-state index in [9.17, 15) is 22.8 Å². The minimum atomic E-state index is -4.56. The van der Waals surface area contributed by atoms with E-state index in [0.717, 1.165) is 29.3 Å². The third-order valence-electron chi connectivity index (χ3n) is 7.31. The number of carbonyl (C=O) groups excluding carboxylic acids is 2. The molecule has 1 fully saturated rings. The van der Waals surface area contributed by atoms with E-state index >= 15 is 0 Å². The molecule has 0 radical (unpaired) electrons. The van der Waals surface area contributed by atoms with Crippen LogP contribution < -0.4 is 20.7 Å². The van der Waals surface area contributed by atoms with E-state index in [1.807, 2.05) is 63.2 Å². The van der Waals surface area contributed by atoms with Gasteiger partial charge in [-0.25, -0.2) is 0 Å². The lowest BCUT2D eigenvalue weighted by Crippen LogP contribution is -2.55. The molecule has 0 spiro atoms. The molecule has 1 heterocycles. The van der Waals surface area contributed by atoms with Gasteiger partial charge in [0, 0.05) is 50.0 Å². The number of carbonyl (C=O) groups is 2. The number of halogens is 4. The van der Waals surface area contributed by atoms with E-state index in [4.69, 9.17) is 22.1 Å². The molecule has 7 nitrogen and oxygen atoms in total. The van der Waals surface area contributed by atoms with Crippen LogP contribution >= 0.6 is 11.6 Å². The number of nitrogens with two attached hydrogens (primary N) is 1. The fourth-order valence-corrected chi connectivity index (χ4v) is 5.48. The number of piperazine rings is 1. The van der Waals surface area contributed by atoms with Crippen LogP contribution in [0.3, 0.4) is 0 Å². The van der Waals surface area contributed by atoms with Gasteiger partial charge < -0.3 is 25.6 Å². The van der Waals surface area contributed by atoms with Crippen LogP contribution in [-0.2, 0) is 6.18 Å². The highest BCUT2D eigenvalue weighted by molar-refractivity contribution is 6.33. The fourth-order valence-electron chi connectivity index (χ4n) is 5.22. The van der Waals surface area contributed by atoms with E-state index in [1.54, 1.807) is 4.90 Å². The highest BCUT2D eigenvalue weighted by Gasteiger charge is 2.34. The molecule has 1 saturated heterocycles. The number of ether oxygens (including phenoxy) is 1. The van der Waals surface area contributed by atoms with Gasteiger partial charge >= 0.3 is 6.18 Å². The summed E-state index contributed by atoms with van der Waals surface area (Å²) in [5.41, 5.74) is 7.62. The Labute approximate surface area is 254 Å². The van der Waals surface area contributed by atoms with Crippen molar-refractivity contribution in [1.82, 2.24) is 10.2 Å². The van der Waals surface area contributed by atoms with E-state index in [-0.39, 0.29) is 35.2 Å². The topological polar surface area (TPSA) is 87.9 Å². The smallest absolute Gasteiger partial charge is 0.416 e. The molecule has 11 heteroatoms. The summed E-state index contributed by atoms with van der Waals surface area (Å²) in [6, 6.07) is 16.0. The van der Waals surface area contributed by atoms with Gasteiger partial charge in [0.25, 0.3) is 11.8 Å². The predicted octanol–water partition coefficient (Wildman–Crippen LogP) is 6.24. The predicted molar refractivity (Wildman–Crippen MR) is 163 cm³/mol. The lowest BCUT2D eigenvalue weighted by atomic mass is 9.98. The number of alkyl halides is 3. The highest BCUT2D eigenvalue weighted by Crippen LogP contribution is 2.36. The summed E-state index contributed by atoms with van der Waals surface area (Å²) in [6.07, 6.45) is -3.94. The molecule has 1 atom stereocenters. The Kier molecular flexibility index (Phi) is 10.2. The molecule has 0 aliphatic carbocycles. The quantitative estimate of drug-likeness (QED) is 0.297. The fraction of sp³-hybridized carbons (Fsp3) is 0.375. The van der Waals surface area contributed by atoms with E-state index < -0.39 is 17.6 Å². The average Bonchev–Trinajstić information content (AvgIpc) is 2.98. The monoisotopic (exact) mass is 616 g/mol. The maximum absolute atomic E-state index is 13.4. The maximum Gasteiger partial charge on any atom is 0.416 e. The number of nitrogens with zero attached hydrogens (tertiary/aromatic N) is 2. The third-order valence-corrected chi connectivity index (χ3v) is 7.62. The summed E-state index contributed by atoms with van der Waals surface area (Å²) in [4.78, 5) is 30.5. The van der Waals surface area contributed by atoms with Crippen LogP contribution in [0.15, 0.2) is 60.7 Å². The largest absolute Gasteiger partial charge is 0.490 e. The van der Waals surface area contributed by atoms with Crippen LogP contribution in [0.4, 0.5) is 18.9 Å². The molecule has 2 amide bonds. The summed E-state index contributed by atoms with van der Waals surface area (Å²) in [7, 11) is 0. The second-order valence-corrected chi connectivity index (χ2v) is 11.0. The Bertz CT molecular complexity index is 1460. The van der Waals surface area contributed by atoms with Crippen molar-refractivity contribution in [3.63, 3.8) is 0 Å². The highest BCUT2D eigenvalue weighted by atomic mass is 35.5. The van der Waals surface area contributed by atoms with Crippen molar-refractivity contribution in [3.8, 4) is 16.9 Å². The first-order chi connectivity index (χ1) is 20.4. The molecule has 3 N–H and O–H groups in total.